The number of hydrogen-bond acceptors (Lipinski definition) is 4. The fourth-order valence-electron chi connectivity index (χ4n) is 3.50. The van der Waals surface area contributed by atoms with E-state index in [0.717, 1.165) is 16.9 Å². The number of aryl methyl sites for hydroxylation is 1. The van der Waals surface area contributed by atoms with Crippen LogP contribution in [0.5, 0.6) is 11.5 Å². The number of nitrogens with zero attached hydrogens (tertiary/aromatic N) is 3. The molecule has 3 heterocycles. The largest absolute Gasteiger partial charge is 0.454 e. The third kappa shape index (κ3) is 3.75. The summed E-state index contributed by atoms with van der Waals surface area (Å²) in [6.07, 6.45) is 1.94. The third-order valence-electron chi connectivity index (χ3n) is 5.11. The van der Waals surface area contributed by atoms with E-state index in [-0.39, 0.29) is 12.7 Å². The summed E-state index contributed by atoms with van der Waals surface area (Å²) in [6.45, 7) is 0.564. The van der Waals surface area contributed by atoms with Crippen LogP contribution >= 0.6 is 11.6 Å². The number of halogens is 1. The molecule has 7 nitrogen and oxygen atoms in total. The predicted octanol–water partition coefficient (Wildman–Crippen LogP) is 4.19. The minimum absolute atomic E-state index is 0.216. The highest BCUT2D eigenvalue weighted by Crippen LogP contribution is 2.32. The molecule has 2 aromatic heterocycles. The van der Waals surface area contributed by atoms with E-state index in [0.29, 0.717) is 34.5 Å². The number of nitrogens with one attached hydrogen (secondary N) is 1. The van der Waals surface area contributed by atoms with Crippen LogP contribution in [-0.4, -0.2) is 27.0 Å². The molecule has 0 saturated heterocycles. The zero-order valence-corrected chi connectivity index (χ0v) is 17.5. The van der Waals surface area contributed by atoms with Crippen LogP contribution in [0.15, 0.2) is 66.9 Å². The van der Waals surface area contributed by atoms with Crippen LogP contribution < -0.4 is 14.8 Å². The van der Waals surface area contributed by atoms with Crippen molar-refractivity contribution in [2.24, 2.45) is 7.05 Å². The molecule has 0 atom stereocenters. The van der Waals surface area contributed by atoms with Gasteiger partial charge in [0.05, 0.1) is 11.4 Å². The van der Waals surface area contributed by atoms with Gasteiger partial charge in [0, 0.05) is 24.8 Å². The van der Waals surface area contributed by atoms with Gasteiger partial charge in [0.25, 0.3) is 5.91 Å². The van der Waals surface area contributed by atoms with Crippen LogP contribution in [0.1, 0.15) is 16.1 Å². The van der Waals surface area contributed by atoms with Crippen molar-refractivity contribution in [3.8, 4) is 28.6 Å². The summed E-state index contributed by atoms with van der Waals surface area (Å²) in [5.41, 5.74) is 3.71. The number of ether oxygens (including phenoxy) is 2. The summed E-state index contributed by atoms with van der Waals surface area (Å²) in [7, 11) is 1.94. The smallest absolute Gasteiger partial charge is 0.270 e. The molecule has 0 fully saturated rings. The standard InChI is InChI=1S/C23H19ClN4O3/c1-27-10-2-3-19(27)18-12-20(28(26-18)17-7-5-16(24)6-8-17)23(29)25-13-15-4-9-21-22(11-15)31-14-30-21/h2-12H,13-14H2,1H3,(H,25,29). The molecule has 0 aliphatic carbocycles. The number of benzene rings is 2. The Morgan fingerprint density at radius 3 is 2.68 bits per heavy atom. The van der Waals surface area contributed by atoms with Gasteiger partial charge in [0.2, 0.25) is 6.79 Å². The lowest BCUT2D eigenvalue weighted by atomic mass is 10.2. The summed E-state index contributed by atoms with van der Waals surface area (Å²) in [6, 6.07) is 18.5. The molecule has 5 rings (SSSR count). The maximum absolute atomic E-state index is 13.1. The van der Waals surface area contributed by atoms with E-state index in [1.165, 1.54) is 0 Å². The van der Waals surface area contributed by atoms with Crippen molar-refractivity contribution in [3.05, 3.63) is 83.1 Å². The second-order valence-electron chi connectivity index (χ2n) is 7.18. The molecule has 156 valence electrons. The first-order valence-corrected chi connectivity index (χ1v) is 10.1. The lowest BCUT2D eigenvalue weighted by molar-refractivity contribution is 0.0943. The first-order chi connectivity index (χ1) is 15.1. The highest BCUT2D eigenvalue weighted by Gasteiger charge is 2.19. The summed E-state index contributed by atoms with van der Waals surface area (Å²) in [5.74, 6) is 1.16. The van der Waals surface area contributed by atoms with Crippen molar-refractivity contribution in [1.82, 2.24) is 19.7 Å². The summed E-state index contributed by atoms with van der Waals surface area (Å²) in [4.78, 5) is 13.1. The maximum Gasteiger partial charge on any atom is 0.270 e. The van der Waals surface area contributed by atoms with Gasteiger partial charge in [-0.1, -0.05) is 17.7 Å². The average Bonchev–Trinajstić information content (AvgIpc) is 3.51. The molecule has 0 unspecified atom stereocenters. The lowest BCUT2D eigenvalue weighted by Crippen LogP contribution is -2.25. The van der Waals surface area contributed by atoms with Crippen LogP contribution in [0.3, 0.4) is 0 Å². The molecule has 2 aromatic carbocycles. The number of amides is 1. The summed E-state index contributed by atoms with van der Waals surface area (Å²) < 4.78 is 14.3. The van der Waals surface area contributed by atoms with E-state index in [1.54, 1.807) is 22.9 Å². The van der Waals surface area contributed by atoms with Crippen LogP contribution in [-0.2, 0) is 13.6 Å². The van der Waals surface area contributed by atoms with Crippen LogP contribution in [0.25, 0.3) is 17.1 Å². The van der Waals surface area contributed by atoms with Crippen LogP contribution in [0.4, 0.5) is 0 Å². The molecule has 31 heavy (non-hydrogen) atoms. The lowest BCUT2D eigenvalue weighted by Gasteiger charge is -2.09. The minimum atomic E-state index is -0.236. The van der Waals surface area contributed by atoms with Crippen molar-refractivity contribution in [2.75, 3.05) is 6.79 Å². The first-order valence-electron chi connectivity index (χ1n) is 9.73. The summed E-state index contributed by atoms with van der Waals surface area (Å²) in [5, 5.41) is 8.28. The Labute approximate surface area is 183 Å². The fourth-order valence-corrected chi connectivity index (χ4v) is 3.62. The molecule has 1 aliphatic rings. The molecule has 0 radical (unpaired) electrons. The van der Waals surface area contributed by atoms with E-state index < -0.39 is 0 Å². The van der Waals surface area contributed by atoms with Crippen molar-refractivity contribution in [3.63, 3.8) is 0 Å². The highest BCUT2D eigenvalue weighted by molar-refractivity contribution is 6.30. The maximum atomic E-state index is 13.1. The molecule has 1 N–H and O–H groups in total. The second-order valence-corrected chi connectivity index (χ2v) is 7.61. The first kappa shape index (κ1) is 19.3. The zero-order chi connectivity index (χ0) is 21.4. The van der Waals surface area contributed by atoms with Crippen LogP contribution in [0, 0.1) is 0 Å². The van der Waals surface area contributed by atoms with Gasteiger partial charge in [-0.15, -0.1) is 0 Å². The fraction of sp³-hybridized carbons (Fsp3) is 0.130. The topological polar surface area (TPSA) is 70.3 Å². The predicted molar refractivity (Wildman–Crippen MR) is 117 cm³/mol. The molecule has 0 saturated carbocycles. The summed E-state index contributed by atoms with van der Waals surface area (Å²) >= 11 is 6.04. The van der Waals surface area contributed by atoms with Gasteiger partial charge in [-0.05, 0) is 60.2 Å². The molecule has 1 amide bonds. The number of carbonyl (C=O) groups excluding carboxylic acids is 1. The van der Waals surface area contributed by atoms with Crippen molar-refractivity contribution >= 4 is 17.5 Å². The third-order valence-corrected chi connectivity index (χ3v) is 5.36. The van der Waals surface area contributed by atoms with E-state index in [1.807, 2.05) is 60.3 Å². The van der Waals surface area contributed by atoms with Crippen molar-refractivity contribution < 1.29 is 14.3 Å². The number of carbonyl (C=O) groups is 1. The van der Waals surface area contributed by atoms with Gasteiger partial charge in [0.15, 0.2) is 11.5 Å². The zero-order valence-electron chi connectivity index (χ0n) is 16.7. The quantitative estimate of drug-likeness (QED) is 0.511. The molecule has 0 bridgehead atoms. The van der Waals surface area contributed by atoms with E-state index in [2.05, 4.69) is 5.32 Å². The van der Waals surface area contributed by atoms with Gasteiger partial charge in [-0.2, -0.15) is 5.10 Å². The SMILES string of the molecule is Cn1cccc1-c1cc(C(=O)NCc2ccc3c(c2)OCO3)n(-c2ccc(Cl)cc2)n1. The van der Waals surface area contributed by atoms with Crippen molar-refractivity contribution in [2.45, 2.75) is 6.54 Å². The molecular weight excluding hydrogens is 416 g/mol. The van der Waals surface area contributed by atoms with Crippen molar-refractivity contribution in [1.29, 1.82) is 0 Å². The Morgan fingerprint density at radius 1 is 1.10 bits per heavy atom. The Balaban J connectivity index is 1.45. The normalized spacial score (nSPS) is 12.2. The number of aromatic nitrogens is 3. The van der Waals surface area contributed by atoms with Gasteiger partial charge in [-0.25, -0.2) is 4.68 Å². The Bertz CT molecular complexity index is 1260. The van der Waals surface area contributed by atoms with E-state index in [4.69, 9.17) is 26.2 Å². The number of rotatable bonds is 5. The molecular formula is C23H19ClN4O3. The monoisotopic (exact) mass is 434 g/mol. The van der Waals surface area contributed by atoms with E-state index in [9.17, 15) is 4.79 Å². The van der Waals surface area contributed by atoms with Gasteiger partial charge in [0.1, 0.15) is 11.4 Å². The molecule has 0 spiro atoms. The Hall–Kier alpha value is -3.71. The molecule has 1 aliphatic heterocycles. The number of fused-ring (bicyclic) bond motifs is 1. The van der Waals surface area contributed by atoms with Gasteiger partial charge in [-0.3, -0.25) is 4.79 Å². The molecule has 8 heteroatoms. The Morgan fingerprint density at radius 2 is 1.90 bits per heavy atom. The number of hydrogen-bond donors (Lipinski definition) is 1. The average molecular weight is 435 g/mol. The minimum Gasteiger partial charge on any atom is -0.454 e. The van der Waals surface area contributed by atoms with Gasteiger partial charge < -0.3 is 19.4 Å². The Kier molecular flexibility index (Phi) is 4.88. The van der Waals surface area contributed by atoms with Crippen LogP contribution in [0.2, 0.25) is 5.02 Å². The second kappa shape index (κ2) is 7.85. The van der Waals surface area contributed by atoms with E-state index >= 15 is 0 Å². The highest BCUT2D eigenvalue weighted by atomic mass is 35.5. The van der Waals surface area contributed by atoms with Gasteiger partial charge >= 0.3 is 0 Å². The molecule has 4 aromatic rings.